The van der Waals surface area contributed by atoms with Crippen LogP contribution < -0.4 is 5.32 Å². The highest BCUT2D eigenvalue weighted by Gasteiger charge is 2.40. The van der Waals surface area contributed by atoms with E-state index in [4.69, 9.17) is 24.2 Å². The van der Waals surface area contributed by atoms with Crippen LogP contribution in [0, 0.1) is 17.8 Å². The number of amides is 3. The number of ether oxygens (including phenoxy) is 3. The number of nitrogens with one attached hydrogen (secondary N) is 3. The summed E-state index contributed by atoms with van der Waals surface area (Å²) in [6.45, 7) is 2.29. The number of rotatable bonds is 11. The Morgan fingerprint density at radius 1 is 0.712 bits per heavy atom. The number of aromatic amines is 2. The van der Waals surface area contributed by atoms with Crippen molar-refractivity contribution in [1.82, 2.24) is 35.1 Å². The molecule has 9 rings (SSSR count). The van der Waals surface area contributed by atoms with Crippen LogP contribution in [0.25, 0.3) is 33.3 Å². The standard InChI is InChI=1S/C52H53N7O7/c1-64-46(60)30-41(35-8-4-3-5-9-35)50(61)58-24-6-10-44(58)48-53-31-42(55-48)36-17-14-33(15-18-36)12-13-34-16-19-39-29-40(21-20-38(39)28-34)43-32-54-49(56-43)45-11-7-25-59(45)51(62)47(57-52(63)65-2)37-22-26-66-27-23-37/h3-5,8-9,14-21,28-29,31-32,37,41,44-45,47H,6-7,10-11,22-27,30H2,1-2H3,(H,53,55)(H,54,56)(H,57,63)/t41-,44+,45+,47+/m1/s1. The minimum Gasteiger partial charge on any atom is -0.469 e. The number of H-pyrrole nitrogens is 2. The molecule has 0 unspecified atom stereocenters. The molecular weight excluding hydrogens is 835 g/mol. The Kier molecular flexibility index (Phi) is 13.2. The summed E-state index contributed by atoms with van der Waals surface area (Å²) in [5, 5.41) is 4.93. The van der Waals surface area contributed by atoms with Gasteiger partial charge >= 0.3 is 12.1 Å². The SMILES string of the molecule is COC(=O)C[C@@H](C(=O)N1CCC[C@H]1c1ncc(-c2ccc(C#Cc3ccc4cc(-c5cnc([C@@H]6CCCN6C(=O)[C@@H](NC(=O)OC)C6CCOCC6)[nH]5)ccc4c3)cc2)[nH]1)c1ccccc1. The highest BCUT2D eigenvalue weighted by molar-refractivity contribution is 5.90. The Labute approximate surface area is 383 Å². The second-order valence-electron chi connectivity index (χ2n) is 17.2. The first-order valence-electron chi connectivity index (χ1n) is 22.7. The minimum atomic E-state index is -0.688. The van der Waals surface area contributed by atoms with Crippen LogP contribution in [0.15, 0.2) is 103 Å². The van der Waals surface area contributed by atoms with Gasteiger partial charge in [-0.05, 0) is 96.7 Å². The molecule has 6 aromatic rings. The number of esters is 1. The summed E-state index contributed by atoms with van der Waals surface area (Å²) < 4.78 is 15.3. The van der Waals surface area contributed by atoms with Gasteiger partial charge in [0.1, 0.15) is 17.7 Å². The van der Waals surface area contributed by atoms with Gasteiger partial charge < -0.3 is 39.3 Å². The van der Waals surface area contributed by atoms with E-state index in [2.05, 4.69) is 57.5 Å². The zero-order valence-corrected chi connectivity index (χ0v) is 37.1. The van der Waals surface area contributed by atoms with Crippen molar-refractivity contribution in [3.8, 4) is 34.4 Å². The molecule has 4 aromatic carbocycles. The fraction of sp³-hybridized carbons (Fsp3) is 0.346. The van der Waals surface area contributed by atoms with Crippen molar-refractivity contribution in [2.24, 2.45) is 5.92 Å². The van der Waals surface area contributed by atoms with Crippen molar-refractivity contribution < 1.29 is 33.4 Å². The van der Waals surface area contributed by atoms with Gasteiger partial charge in [-0.25, -0.2) is 14.8 Å². The lowest BCUT2D eigenvalue weighted by Gasteiger charge is -2.34. The van der Waals surface area contributed by atoms with Crippen molar-refractivity contribution >= 4 is 34.6 Å². The third kappa shape index (κ3) is 9.58. The molecule has 66 heavy (non-hydrogen) atoms. The van der Waals surface area contributed by atoms with E-state index in [9.17, 15) is 19.2 Å². The zero-order valence-electron chi connectivity index (χ0n) is 37.1. The molecule has 3 amide bonds. The summed E-state index contributed by atoms with van der Waals surface area (Å²) in [6.07, 6.45) is 7.60. The molecule has 3 saturated heterocycles. The van der Waals surface area contributed by atoms with E-state index in [1.54, 1.807) is 6.20 Å². The van der Waals surface area contributed by atoms with Crippen LogP contribution in [-0.4, -0.2) is 100 Å². The number of benzene rings is 4. The average molecular weight is 888 g/mol. The molecule has 14 nitrogen and oxygen atoms in total. The summed E-state index contributed by atoms with van der Waals surface area (Å²) >= 11 is 0. The third-order valence-corrected chi connectivity index (χ3v) is 13.2. The number of fused-ring (bicyclic) bond motifs is 1. The Morgan fingerprint density at radius 2 is 1.30 bits per heavy atom. The van der Waals surface area contributed by atoms with E-state index in [1.165, 1.54) is 14.2 Å². The lowest BCUT2D eigenvalue weighted by atomic mass is 9.90. The van der Waals surface area contributed by atoms with E-state index >= 15 is 0 Å². The minimum absolute atomic E-state index is 0.0240. The summed E-state index contributed by atoms with van der Waals surface area (Å²) in [7, 11) is 2.65. The lowest BCUT2D eigenvalue weighted by molar-refractivity contribution is -0.145. The van der Waals surface area contributed by atoms with Crippen molar-refractivity contribution in [2.45, 2.75) is 69.0 Å². The highest BCUT2D eigenvalue weighted by Crippen LogP contribution is 2.37. The van der Waals surface area contributed by atoms with Gasteiger partial charge in [0.2, 0.25) is 11.8 Å². The fourth-order valence-electron chi connectivity index (χ4n) is 9.58. The highest BCUT2D eigenvalue weighted by atomic mass is 16.5. The maximum Gasteiger partial charge on any atom is 0.407 e. The summed E-state index contributed by atoms with van der Waals surface area (Å²) in [4.78, 5) is 72.7. The van der Waals surface area contributed by atoms with E-state index in [1.807, 2.05) is 76.7 Å². The van der Waals surface area contributed by atoms with Gasteiger partial charge in [0.15, 0.2) is 0 Å². The molecule has 3 aliphatic heterocycles. The number of carbonyl (C=O) groups excluding carboxylic acids is 4. The lowest BCUT2D eigenvalue weighted by Crippen LogP contribution is -2.53. The molecule has 3 aliphatic rings. The van der Waals surface area contributed by atoms with Crippen LogP contribution in [-0.2, 0) is 28.6 Å². The van der Waals surface area contributed by atoms with Crippen molar-refractivity contribution in [3.63, 3.8) is 0 Å². The van der Waals surface area contributed by atoms with Gasteiger partial charge in [0.25, 0.3) is 0 Å². The van der Waals surface area contributed by atoms with Gasteiger partial charge in [-0.15, -0.1) is 0 Å². The third-order valence-electron chi connectivity index (χ3n) is 13.2. The summed E-state index contributed by atoms with van der Waals surface area (Å²) in [6, 6.07) is 28.7. The second-order valence-corrected chi connectivity index (χ2v) is 17.2. The molecule has 4 atom stereocenters. The Morgan fingerprint density at radius 3 is 1.97 bits per heavy atom. The van der Waals surface area contributed by atoms with Crippen molar-refractivity contribution in [3.05, 3.63) is 132 Å². The predicted octanol–water partition coefficient (Wildman–Crippen LogP) is 7.84. The van der Waals surface area contributed by atoms with Crippen LogP contribution in [0.5, 0.6) is 0 Å². The maximum absolute atomic E-state index is 14.0. The first kappa shape index (κ1) is 44.0. The maximum atomic E-state index is 14.0. The number of alkyl carbamates (subject to hydrolysis) is 1. The molecule has 0 bridgehead atoms. The van der Waals surface area contributed by atoms with E-state index in [0.717, 1.165) is 87.3 Å². The molecule has 3 fully saturated rings. The van der Waals surface area contributed by atoms with E-state index < -0.39 is 24.0 Å². The molecule has 0 radical (unpaired) electrons. The first-order valence-corrected chi connectivity index (χ1v) is 22.7. The largest absolute Gasteiger partial charge is 0.469 e. The van der Waals surface area contributed by atoms with Crippen LogP contribution in [0.4, 0.5) is 4.79 Å². The Hall–Kier alpha value is -7.24. The number of imidazole rings is 2. The smallest absolute Gasteiger partial charge is 0.407 e. The molecule has 0 saturated carbocycles. The van der Waals surface area contributed by atoms with Gasteiger partial charge in [0.05, 0.1) is 62.4 Å². The molecular formula is C52H53N7O7. The number of hydrogen-bond acceptors (Lipinski definition) is 9. The van der Waals surface area contributed by atoms with E-state index in [-0.39, 0.29) is 36.2 Å². The normalized spacial score (nSPS) is 18.3. The summed E-state index contributed by atoms with van der Waals surface area (Å²) in [5.74, 6) is 6.76. The molecule has 3 N–H and O–H groups in total. The predicted molar refractivity (Wildman–Crippen MR) is 248 cm³/mol. The Balaban J connectivity index is 0.843. The number of hydrogen-bond donors (Lipinski definition) is 3. The van der Waals surface area contributed by atoms with Crippen LogP contribution in [0.3, 0.4) is 0 Å². The number of carbonyl (C=O) groups is 4. The van der Waals surface area contributed by atoms with Crippen LogP contribution in [0.2, 0.25) is 0 Å². The Bertz CT molecular complexity index is 2770. The molecule has 5 heterocycles. The molecule has 14 heteroatoms. The van der Waals surface area contributed by atoms with Crippen molar-refractivity contribution in [2.75, 3.05) is 40.5 Å². The molecule has 0 aliphatic carbocycles. The fourth-order valence-corrected chi connectivity index (χ4v) is 9.58. The average Bonchev–Trinajstić information content (AvgIpc) is 4.22. The monoisotopic (exact) mass is 887 g/mol. The summed E-state index contributed by atoms with van der Waals surface area (Å²) in [5.41, 5.74) is 6.19. The quantitative estimate of drug-likeness (QED) is 0.0866. The molecule has 338 valence electrons. The molecule has 0 spiro atoms. The number of nitrogens with zero attached hydrogens (tertiary/aromatic N) is 4. The number of likely N-dealkylation sites (tertiary alicyclic amines) is 2. The van der Waals surface area contributed by atoms with Crippen molar-refractivity contribution in [1.29, 1.82) is 0 Å². The van der Waals surface area contributed by atoms with E-state index in [0.29, 0.717) is 39.1 Å². The first-order chi connectivity index (χ1) is 32.3. The van der Waals surface area contributed by atoms with Crippen LogP contribution >= 0.6 is 0 Å². The van der Waals surface area contributed by atoms with Gasteiger partial charge in [-0.3, -0.25) is 14.4 Å². The van der Waals surface area contributed by atoms with Gasteiger partial charge in [-0.1, -0.05) is 72.5 Å². The number of aromatic nitrogens is 4. The van der Waals surface area contributed by atoms with Gasteiger partial charge in [0, 0.05) is 43.0 Å². The molecule has 2 aromatic heterocycles. The van der Waals surface area contributed by atoms with Crippen LogP contribution in [0.1, 0.15) is 91.3 Å². The topological polar surface area (TPSA) is 172 Å². The van der Waals surface area contributed by atoms with Gasteiger partial charge in [-0.2, -0.15) is 0 Å². The zero-order chi connectivity index (χ0) is 45.6. The number of methoxy groups -OCH3 is 2. The second kappa shape index (κ2) is 19.9.